The van der Waals surface area contributed by atoms with Crippen LogP contribution in [0.1, 0.15) is 55.3 Å². The van der Waals surface area contributed by atoms with Crippen LogP contribution >= 0.6 is 11.6 Å². The minimum absolute atomic E-state index is 0.00198. The Morgan fingerprint density at radius 2 is 2.12 bits per heavy atom. The standard InChI is InChI=1S/C17H21ClN4O4/c1-3-7-25-16-13(18)8-11(9-14(16)24-4-2)17(23)26-10-15-19-20-21-22(15)12-5-6-12/h8-9,12H,3-7,10H2,1-2H3. The highest BCUT2D eigenvalue weighted by molar-refractivity contribution is 6.32. The molecule has 0 N–H and O–H groups in total. The van der Waals surface area contributed by atoms with E-state index in [0.717, 1.165) is 19.3 Å². The summed E-state index contributed by atoms with van der Waals surface area (Å²) in [5.41, 5.74) is 0.285. The lowest BCUT2D eigenvalue weighted by molar-refractivity contribution is 0.0455. The average molecular weight is 381 g/mol. The number of tetrazole rings is 1. The van der Waals surface area contributed by atoms with E-state index >= 15 is 0 Å². The highest BCUT2D eigenvalue weighted by Crippen LogP contribution is 2.37. The van der Waals surface area contributed by atoms with E-state index in [2.05, 4.69) is 15.5 Å². The van der Waals surface area contributed by atoms with Gasteiger partial charge in [-0.3, -0.25) is 0 Å². The van der Waals surface area contributed by atoms with Gasteiger partial charge in [-0.2, -0.15) is 0 Å². The molecule has 0 spiro atoms. The Morgan fingerprint density at radius 1 is 1.31 bits per heavy atom. The first-order valence-electron chi connectivity index (χ1n) is 8.67. The number of aromatic nitrogens is 4. The van der Waals surface area contributed by atoms with Gasteiger partial charge in [0.2, 0.25) is 0 Å². The zero-order valence-corrected chi connectivity index (χ0v) is 15.5. The molecule has 0 aliphatic heterocycles. The van der Waals surface area contributed by atoms with Gasteiger partial charge in [-0.15, -0.1) is 5.10 Å². The van der Waals surface area contributed by atoms with Crippen molar-refractivity contribution in [2.45, 2.75) is 45.8 Å². The normalized spacial score (nSPS) is 13.5. The minimum Gasteiger partial charge on any atom is -0.490 e. The second-order valence-electron chi connectivity index (χ2n) is 5.91. The summed E-state index contributed by atoms with van der Waals surface area (Å²) in [5, 5.41) is 11.8. The maximum atomic E-state index is 12.4. The van der Waals surface area contributed by atoms with Crippen LogP contribution in [-0.2, 0) is 11.3 Å². The van der Waals surface area contributed by atoms with Crippen LogP contribution in [0.25, 0.3) is 0 Å². The van der Waals surface area contributed by atoms with Crippen LogP contribution in [0.2, 0.25) is 5.02 Å². The largest absolute Gasteiger partial charge is 0.490 e. The smallest absolute Gasteiger partial charge is 0.338 e. The quantitative estimate of drug-likeness (QED) is 0.617. The SMILES string of the molecule is CCCOc1c(Cl)cc(C(=O)OCc2nnnn2C2CC2)cc1OCC. The summed E-state index contributed by atoms with van der Waals surface area (Å²) in [5.74, 6) is 0.855. The number of esters is 1. The van der Waals surface area contributed by atoms with Crippen molar-refractivity contribution in [2.24, 2.45) is 0 Å². The van der Waals surface area contributed by atoms with Crippen LogP contribution in [0.4, 0.5) is 0 Å². The molecular formula is C17H21ClN4O4. The van der Waals surface area contributed by atoms with Gasteiger partial charge >= 0.3 is 5.97 Å². The number of ether oxygens (including phenoxy) is 3. The minimum atomic E-state index is -0.528. The highest BCUT2D eigenvalue weighted by Gasteiger charge is 2.28. The summed E-state index contributed by atoms with van der Waals surface area (Å²) in [6.45, 7) is 4.77. The molecule has 0 unspecified atom stereocenters. The van der Waals surface area contributed by atoms with E-state index < -0.39 is 5.97 Å². The molecule has 0 radical (unpaired) electrons. The molecule has 1 aromatic heterocycles. The zero-order valence-electron chi connectivity index (χ0n) is 14.8. The third kappa shape index (κ3) is 4.24. The number of rotatable bonds is 9. The van der Waals surface area contributed by atoms with Crippen molar-refractivity contribution < 1.29 is 19.0 Å². The predicted octanol–water partition coefficient (Wildman–Crippen LogP) is 3.21. The highest BCUT2D eigenvalue weighted by atomic mass is 35.5. The molecule has 140 valence electrons. The van der Waals surface area contributed by atoms with Gasteiger partial charge in [0.15, 0.2) is 23.9 Å². The Labute approximate surface area is 156 Å². The molecule has 1 aliphatic rings. The Morgan fingerprint density at radius 3 is 2.81 bits per heavy atom. The van der Waals surface area contributed by atoms with E-state index in [1.807, 2.05) is 13.8 Å². The number of nitrogens with zero attached hydrogens (tertiary/aromatic N) is 4. The molecule has 26 heavy (non-hydrogen) atoms. The Bertz CT molecular complexity index is 776. The molecular weight excluding hydrogens is 360 g/mol. The van der Waals surface area contributed by atoms with E-state index in [1.165, 1.54) is 6.07 Å². The van der Waals surface area contributed by atoms with E-state index in [4.69, 9.17) is 25.8 Å². The van der Waals surface area contributed by atoms with Crippen LogP contribution in [0.5, 0.6) is 11.5 Å². The van der Waals surface area contributed by atoms with Gasteiger partial charge in [0.05, 0.1) is 29.8 Å². The summed E-state index contributed by atoms with van der Waals surface area (Å²) >= 11 is 6.28. The van der Waals surface area contributed by atoms with E-state index in [1.54, 1.807) is 10.7 Å². The molecule has 1 aliphatic carbocycles. The average Bonchev–Trinajstić information content (AvgIpc) is 3.37. The molecule has 0 bridgehead atoms. The lowest BCUT2D eigenvalue weighted by Crippen LogP contribution is -2.11. The van der Waals surface area contributed by atoms with Gasteiger partial charge in [-0.1, -0.05) is 18.5 Å². The van der Waals surface area contributed by atoms with Gasteiger partial charge in [0, 0.05) is 0 Å². The van der Waals surface area contributed by atoms with Crippen LogP contribution in [0.15, 0.2) is 12.1 Å². The molecule has 3 rings (SSSR count). The van der Waals surface area contributed by atoms with Crippen LogP contribution in [0.3, 0.4) is 0 Å². The summed E-state index contributed by atoms with van der Waals surface area (Å²) in [7, 11) is 0. The fraction of sp³-hybridized carbons (Fsp3) is 0.529. The molecule has 1 fully saturated rings. The van der Waals surface area contributed by atoms with Crippen molar-refractivity contribution in [2.75, 3.05) is 13.2 Å². The maximum absolute atomic E-state index is 12.4. The van der Waals surface area contributed by atoms with Crippen LogP contribution < -0.4 is 9.47 Å². The van der Waals surface area contributed by atoms with Gasteiger partial charge in [-0.25, -0.2) is 9.48 Å². The number of carbonyl (C=O) groups excluding carboxylic acids is 1. The number of halogens is 1. The van der Waals surface area contributed by atoms with Crippen molar-refractivity contribution in [3.63, 3.8) is 0 Å². The molecule has 1 aromatic carbocycles. The molecule has 9 heteroatoms. The summed E-state index contributed by atoms with van der Waals surface area (Å²) in [6.07, 6.45) is 2.92. The second-order valence-corrected chi connectivity index (χ2v) is 6.32. The van der Waals surface area contributed by atoms with Gasteiger partial charge in [-0.05, 0) is 48.7 Å². The Kier molecular flexibility index (Phi) is 5.92. The first-order valence-corrected chi connectivity index (χ1v) is 9.04. The van der Waals surface area contributed by atoms with Crippen LogP contribution in [0, 0.1) is 0 Å². The summed E-state index contributed by atoms with van der Waals surface area (Å²) in [4.78, 5) is 12.4. The molecule has 2 aromatic rings. The van der Waals surface area contributed by atoms with Gasteiger partial charge in [0.25, 0.3) is 0 Å². The van der Waals surface area contributed by atoms with E-state index in [0.29, 0.717) is 41.6 Å². The van der Waals surface area contributed by atoms with Crippen molar-refractivity contribution in [1.29, 1.82) is 0 Å². The van der Waals surface area contributed by atoms with Gasteiger partial charge in [0.1, 0.15) is 0 Å². The third-order valence-electron chi connectivity index (χ3n) is 3.78. The molecule has 0 atom stereocenters. The van der Waals surface area contributed by atoms with Crippen molar-refractivity contribution in [3.05, 3.63) is 28.5 Å². The van der Waals surface area contributed by atoms with E-state index in [-0.39, 0.29) is 12.2 Å². The predicted molar refractivity (Wildman–Crippen MR) is 93.6 cm³/mol. The number of hydrogen-bond donors (Lipinski definition) is 0. The lowest BCUT2D eigenvalue weighted by Gasteiger charge is -2.14. The summed E-state index contributed by atoms with van der Waals surface area (Å²) < 4.78 is 18.2. The monoisotopic (exact) mass is 380 g/mol. The molecule has 0 saturated heterocycles. The van der Waals surface area contributed by atoms with Crippen molar-refractivity contribution in [3.8, 4) is 11.5 Å². The third-order valence-corrected chi connectivity index (χ3v) is 4.06. The first kappa shape index (κ1) is 18.4. The second kappa shape index (κ2) is 8.35. The fourth-order valence-corrected chi connectivity index (χ4v) is 2.68. The molecule has 8 nitrogen and oxygen atoms in total. The molecule has 1 saturated carbocycles. The molecule has 0 amide bonds. The number of hydrogen-bond acceptors (Lipinski definition) is 7. The lowest BCUT2D eigenvalue weighted by atomic mass is 10.2. The molecule has 1 heterocycles. The zero-order chi connectivity index (χ0) is 18.5. The number of carbonyl (C=O) groups is 1. The van der Waals surface area contributed by atoms with Gasteiger partial charge < -0.3 is 14.2 Å². The fourth-order valence-electron chi connectivity index (χ4n) is 2.42. The van der Waals surface area contributed by atoms with Crippen LogP contribution in [-0.4, -0.2) is 39.4 Å². The topological polar surface area (TPSA) is 88.4 Å². The maximum Gasteiger partial charge on any atom is 0.338 e. The van der Waals surface area contributed by atoms with E-state index in [9.17, 15) is 4.79 Å². The first-order chi connectivity index (χ1) is 12.6. The van der Waals surface area contributed by atoms with Crippen molar-refractivity contribution >= 4 is 17.6 Å². The summed E-state index contributed by atoms with van der Waals surface area (Å²) in [6, 6.07) is 3.40. The number of benzene rings is 1. The Balaban J connectivity index is 1.72. The Hall–Kier alpha value is -2.35. The van der Waals surface area contributed by atoms with Crippen molar-refractivity contribution in [1.82, 2.24) is 20.2 Å².